The summed E-state index contributed by atoms with van der Waals surface area (Å²) >= 11 is 0. The average molecular weight is 456 g/mol. The topological polar surface area (TPSA) is 93.4 Å². The first-order valence-electron chi connectivity index (χ1n) is 12.1. The second-order valence-corrected chi connectivity index (χ2v) is 10.8. The van der Waals surface area contributed by atoms with Crippen molar-refractivity contribution in [1.29, 1.82) is 0 Å². The Morgan fingerprint density at radius 3 is 2.09 bits per heavy atom. The zero-order chi connectivity index (χ0) is 24.9. The lowest BCUT2D eigenvalue weighted by atomic mass is 9.76. The van der Waals surface area contributed by atoms with E-state index in [2.05, 4.69) is 44.4 Å². The number of amides is 1. The molecule has 0 aromatic heterocycles. The molecule has 0 saturated heterocycles. The van der Waals surface area contributed by atoms with E-state index in [-0.39, 0.29) is 36.3 Å². The number of nitrogens with zero attached hydrogens (tertiary/aromatic N) is 3. The minimum Gasteiger partial charge on any atom is -0.395 e. The highest BCUT2D eigenvalue weighted by atomic mass is 16.3. The Morgan fingerprint density at radius 2 is 1.66 bits per heavy atom. The minimum atomic E-state index is -0.869. The Balaban J connectivity index is 5.75. The molecule has 188 valence electrons. The van der Waals surface area contributed by atoms with Crippen molar-refractivity contribution in [1.82, 2.24) is 9.80 Å². The lowest BCUT2D eigenvalue weighted by Crippen LogP contribution is -2.37. The molecule has 0 rings (SSSR count). The lowest BCUT2D eigenvalue weighted by Gasteiger charge is -2.37. The summed E-state index contributed by atoms with van der Waals surface area (Å²) in [5, 5.41) is 23.0. The summed E-state index contributed by atoms with van der Waals surface area (Å²) in [6.45, 7) is 20.9. The molecule has 2 atom stereocenters. The quantitative estimate of drug-likeness (QED) is 0.317. The predicted molar refractivity (Wildman–Crippen MR) is 132 cm³/mol. The van der Waals surface area contributed by atoms with Gasteiger partial charge in [0, 0.05) is 44.2 Å². The van der Waals surface area contributed by atoms with Crippen molar-refractivity contribution in [2.45, 2.75) is 86.2 Å². The fraction of sp³-hybridized carbons (Fsp3) is 0.880. The van der Waals surface area contributed by atoms with Crippen molar-refractivity contribution < 1.29 is 15.0 Å². The number of carbonyl (C=O) groups excluding carboxylic acids is 1. The van der Waals surface area contributed by atoms with Gasteiger partial charge in [0.1, 0.15) is 0 Å². The highest BCUT2D eigenvalue weighted by Gasteiger charge is 2.31. The second kappa shape index (κ2) is 14.6. The van der Waals surface area contributed by atoms with Crippen LogP contribution in [0.5, 0.6) is 0 Å². The van der Waals surface area contributed by atoms with Gasteiger partial charge in [-0.2, -0.15) is 4.91 Å². The highest BCUT2D eigenvalue weighted by molar-refractivity contribution is 5.76. The molecule has 0 saturated carbocycles. The maximum atomic E-state index is 13.0. The minimum absolute atomic E-state index is 0.0000293. The summed E-state index contributed by atoms with van der Waals surface area (Å²) in [5.41, 5.74) is 0.0969. The van der Waals surface area contributed by atoms with Gasteiger partial charge in [-0.25, -0.2) is 0 Å². The van der Waals surface area contributed by atoms with Crippen molar-refractivity contribution in [3.8, 4) is 0 Å². The van der Waals surface area contributed by atoms with E-state index in [1.807, 2.05) is 6.92 Å². The summed E-state index contributed by atoms with van der Waals surface area (Å²) in [7, 11) is 0. The van der Waals surface area contributed by atoms with Crippen molar-refractivity contribution in [2.24, 2.45) is 22.4 Å². The van der Waals surface area contributed by atoms with Gasteiger partial charge in [-0.3, -0.25) is 4.79 Å². The van der Waals surface area contributed by atoms with Crippen LogP contribution in [0.2, 0.25) is 0 Å². The molecule has 0 fully saturated rings. The van der Waals surface area contributed by atoms with Gasteiger partial charge in [0.15, 0.2) is 0 Å². The van der Waals surface area contributed by atoms with Gasteiger partial charge in [0.25, 0.3) is 0 Å². The van der Waals surface area contributed by atoms with E-state index in [1.54, 1.807) is 18.7 Å². The molecule has 0 aliphatic heterocycles. The smallest absolute Gasteiger partial charge is 0.222 e. The van der Waals surface area contributed by atoms with Gasteiger partial charge in [0.05, 0.1) is 18.8 Å². The molecule has 0 spiro atoms. The van der Waals surface area contributed by atoms with Crippen molar-refractivity contribution in [2.75, 3.05) is 39.3 Å². The Morgan fingerprint density at radius 1 is 1.03 bits per heavy atom. The van der Waals surface area contributed by atoms with Gasteiger partial charge in [0.2, 0.25) is 5.91 Å². The van der Waals surface area contributed by atoms with Crippen molar-refractivity contribution >= 4 is 5.91 Å². The van der Waals surface area contributed by atoms with Gasteiger partial charge >= 0.3 is 0 Å². The zero-order valence-corrected chi connectivity index (χ0v) is 21.7. The van der Waals surface area contributed by atoms with Crippen molar-refractivity contribution in [3.05, 3.63) is 17.2 Å². The van der Waals surface area contributed by atoms with E-state index in [9.17, 15) is 19.9 Å². The molecule has 0 bridgehead atoms. The Hall–Kier alpha value is -1.47. The monoisotopic (exact) mass is 455 g/mol. The zero-order valence-electron chi connectivity index (χ0n) is 21.7. The van der Waals surface area contributed by atoms with Crippen LogP contribution in [0.15, 0.2) is 17.5 Å². The summed E-state index contributed by atoms with van der Waals surface area (Å²) in [6.07, 6.45) is 3.48. The van der Waals surface area contributed by atoms with E-state index >= 15 is 0 Å². The number of hydrogen-bond acceptors (Lipinski definition) is 6. The maximum absolute atomic E-state index is 13.0. The van der Waals surface area contributed by atoms with Crippen LogP contribution in [-0.4, -0.2) is 70.9 Å². The van der Waals surface area contributed by atoms with Crippen LogP contribution in [0.3, 0.4) is 0 Å². The van der Waals surface area contributed by atoms with Gasteiger partial charge in [-0.05, 0) is 57.8 Å². The molecule has 1 amide bonds. The number of rotatable bonds is 17. The van der Waals surface area contributed by atoms with E-state index in [0.717, 1.165) is 31.5 Å². The van der Waals surface area contributed by atoms with Crippen LogP contribution in [-0.2, 0) is 4.79 Å². The fourth-order valence-corrected chi connectivity index (χ4v) is 4.49. The Bertz CT molecular complexity index is 561. The number of aliphatic hydroxyl groups excluding tert-OH is 1. The molecule has 0 aliphatic rings. The molecule has 0 aliphatic carbocycles. The third-order valence-corrected chi connectivity index (χ3v) is 5.66. The van der Waals surface area contributed by atoms with Crippen LogP contribution in [0.25, 0.3) is 0 Å². The number of hydrogen-bond donors (Lipinski definition) is 2. The van der Waals surface area contributed by atoms with Crippen LogP contribution >= 0.6 is 0 Å². The number of nitroso groups, excluding NO2 is 1. The molecule has 32 heavy (non-hydrogen) atoms. The van der Waals surface area contributed by atoms with Gasteiger partial charge in [-0.1, -0.05) is 39.5 Å². The maximum Gasteiger partial charge on any atom is 0.222 e. The summed E-state index contributed by atoms with van der Waals surface area (Å²) < 4.78 is 0. The summed E-state index contributed by atoms with van der Waals surface area (Å²) in [4.78, 5) is 27.4. The number of aliphatic hydroxyl groups is 2. The molecule has 0 radical (unpaired) electrons. The second-order valence-electron chi connectivity index (χ2n) is 10.8. The molecular formula is C25H49N3O4. The summed E-state index contributed by atoms with van der Waals surface area (Å²) in [6, 6.07) is 0. The van der Waals surface area contributed by atoms with Gasteiger partial charge in [-0.15, -0.1) is 0 Å². The van der Waals surface area contributed by atoms with Crippen LogP contribution < -0.4 is 0 Å². The first kappa shape index (κ1) is 30.5. The Labute approximate surface area is 196 Å². The van der Waals surface area contributed by atoms with Crippen LogP contribution in [0, 0.1) is 22.2 Å². The van der Waals surface area contributed by atoms with Gasteiger partial charge < -0.3 is 20.0 Å². The normalized spacial score (nSPS) is 14.0. The third-order valence-electron chi connectivity index (χ3n) is 5.66. The molecular weight excluding hydrogens is 406 g/mol. The third kappa shape index (κ3) is 13.2. The number of likely N-dealkylation sites (N-methyl/N-ethyl adjacent to an activating group) is 1. The van der Waals surface area contributed by atoms with E-state index in [0.29, 0.717) is 32.5 Å². The fourth-order valence-electron chi connectivity index (χ4n) is 4.49. The number of allylic oxidation sites excluding steroid dienone is 1. The lowest BCUT2D eigenvalue weighted by molar-refractivity contribution is -0.132. The van der Waals surface area contributed by atoms with Crippen LogP contribution in [0.1, 0.15) is 80.6 Å². The molecule has 1 unspecified atom stereocenters. The molecule has 7 heteroatoms. The van der Waals surface area contributed by atoms with Crippen molar-refractivity contribution in [3.63, 3.8) is 0 Å². The predicted octanol–water partition coefficient (Wildman–Crippen LogP) is 4.43. The standard InChI is InChI=1S/C25H49N3O4/c1-9-12-28(14-15-29)20(3)22(19-25(7,8)31)16-21(18-24(4,5)6)17-23(30)27(10-2)13-11-26-32/h21-22,29,31H,3,9-19H2,1-2,4-8H3/t21?,22-/m0/s1. The van der Waals surface area contributed by atoms with E-state index in [4.69, 9.17) is 0 Å². The molecule has 0 heterocycles. The molecule has 0 aromatic rings. The summed E-state index contributed by atoms with van der Waals surface area (Å²) in [5.74, 6) is 0.154. The molecule has 2 N–H and O–H groups in total. The molecule has 7 nitrogen and oxygen atoms in total. The average Bonchev–Trinajstić information content (AvgIpc) is 2.65. The Kier molecular flexibility index (Phi) is 14.0. The first-order chi connectivity index (χ1) is 14.8. The first-order valence-corrected chi connectivity index (χ1v) is 12.1. The largest absolute Gasteiger partial charge is 0.395 e. The SMILES string of the molecule is C=C([C@@H](CC(CC(=O)N(CC)CCN=O)CC(C)(C)C)CC(C)(C)O)N(CCC)CCO. The van der Waals surface area contributed by atoms with Crippen LogP contribution in [0.4, 0.5) is 0 Å². The highest BCUT2D eigenvalue weighted by Crippen LogP contribution is 2.36. The number of carbonyl (C=O) groups is 1. The molecule has 0 aromatic carbocycles. The van der Waals surface area contributed by atoms with E-state index in [1.165, 1.54) is 0 Å². The van der Waals surface area contributed by atoms with E-state index < -0.39 is 5.60 Å².